The molecular formula is C15H19F3N2. The molecule has 0 bridgehead atoms. The lowest BCUT2D eigenvalue weighted by Crippen LogP contribution is -2.59. The Morgan fingerprint density at radius 2 is 1.95 bits per heavy atom. The van der Waals surface area contributed by atoms with E-state index in [1.54, 1.807) is 6.07 Å². The topological polar surface area (TPSA) is 15.3 Å². The van der Waals surface area contributed by atoms with Crippen LogP contribution in [0.3, 0.4) is 0 Å². The van der Waals surface area contributed by atoms with Gasteiger partial charge in [-0.25, -0.2) is 0 Å². The highest BCUT2D eigenvalue weighted by atomic mass is 19.4. The maximum atomic E-state index is 12.8. The third-order valence-corrected chi connectivity index (χ3v) is 4.39. The molecule has 0 radical (unpaired) electrons. The van der Waals surface area contributed by atoms with Crippen LogP contribution in [0.15, 0.2) is 24.3 Å². The van der Waals surface area contributed by atoms with Crippen molar-refractivity contribution >= 4 is 5.69 Å². The average molecular weight is 284 g/mol. The number of nitrogens with one attached hydrogen (secondary N) is 1. The second kappa shape index (κ2) is 5.28. The van der Waals surface area contributed by atoms with Gasteiger partial charge in [-0.2, -0.15) is 13.2 Å². The first kappa shape index (κ1) is 13.7. The SMILES string of the molecule is FC(F)(F)c1cccc(N2CCNC3CCCCC32)c1. The number of fused-ring (bicyclic) bond motifs is 1. The molecule has 1 aliphatic carbocycles. The lowest BCUT2D eigenvalue weighted by molar-refractivity contribution is -0.137. The van der Waals surface area contributed by atoms with Gasteiger partial charge in [0.25, 0.3) is 0 Å². The van der Waals surface area contributed by atoms with Crippen molar-refractivity contribution in [1.29, 1.82) is 0 Å². The van der Waals surface area contributed by atoms with Crippen LogP contribution in [0.1, 0.15) is 31.2 Å². The van der Waals surface area contributed by atoms with Gasteiger partial charge in [-0.1, -0.05) is 18.9 Å². The number of benzene rings is 1. The van der Waals surface area contributed by atoms with Crippen LogP contribution in [-0.4, -0.2) is 25.2 Å². The Bertz CT molecular complexity index is 470. The summed E-state index contributed by atoms with van der Waals surface area (Å²) in [6.45, 7) is 1.62. The van der Waals surface area contributed by atoms with Crippen molar-refractivity contribution in [3.63, 3.8) is 0 Å². The van der Waals surface area contributed by atoms with E-state index in [0.717, 1.165) is 38.4 Å². The number of hydrogen-bond donors (Lipinski definition) is 1. The smallest absolute Gasteiger partial charge is 0.366 e. The highest BCUT2D eigenvalue weighted by molar-refractivity contribution is 5.51. The van der Waals surface area contributed by atoms with Gasteiger partial charge in [-0.15, -0.1) is 0 Å². The van der Waals surface area contributed by atoms with Crippen molar-refractivity contribution in [2.75, 3.05) is 18.0 Å². The first-order chi connectivity index (χ1) is 9.55. The van der Waals surface area contributed by atoms with E-state index in [0.29, 0.717) is 17.8 Å². The average Bonchev–Trinajstić information content (AvgIpc) is 2.46. The normalized spacial score (nSPS) is 27.2. The van der Waals surface area contributed by atoms with Crippen LogP contribution >= 0.6 is 0 Å². The van der Waals surface area contributed by atoms with E-state index >= 15 is 0 Å². The summed E-state index contributed by atoms with van der Waals surface area (Å²) in [7, 11) is 0. The third kappa shape index (κ3) is 2.64. The molecule has 1 N–H and O–H groups in total. The van der Waals surface area contributed by atoms with Crippen molar-refractivity contribution in [2.45, 2.75) is 43.9 Å². The number of hydrogen-bond acceptors (Lipinski definition) is 2. The van der Waals surface area contributed by atoms with E-state index < -0.39 is 11.7 Å². The minimum absolute atomic E-state index is 0.334. The molecule has 0 spiro atoms. The molecule has 1 aromatic rings. The molecule has 1 heterocycles. The first-order valence-corrected chi connectivity index (χ1v) is 7.23. The summed E-state index contributed by atoms with van der Waals surface area (Å²) < 4.78 is 38.5. The number of halogens is 3. The Labute approximate surface area is 117 Å². The number of alkyl halides is 3. The zero-order chi connectivity index (χ0) is 14.2. The summed E-state index contributed by atoms with van der Waals surface area (Å²) in [6, 6.07) is 6.50. The molecule has 1 aliphatic heterocycles. The maximum Gasteiger partial charge on any atom is 0.416 e. The predicted molar refractivity (Wildman–Crippen MR) is 72.8 cm³/mol. The van der Waals surface area contributed by atoms with Crippen molar-refractivity contribution < 1.29 is 13.2 Å². The van der Waals surface area contributed by atoms with Crippen LogP contribution in [0, 0.1) is 0 Å². The second-order valence-corrected chi connectivity index (χ2v) is 5.65. The molecule has 2 nitrogen and oxygen atoms in total. The van der Waals surface area contributed by atoms with Crippen LogP contribution in [0.2, 0.25) is 0 Å². The minimum Gasteiger partial charge on any atom is -0.366 e. The van der Waals surface area contributed by atoms with Gasteiger partial charge >= 0.3 is 6.18 Å². The second-order valence-electron chi connectivity index (χ2n) is 5.65. The Balaban J connectivity index is 1.87. The maximum absolute atomic E-state index is 12.8. The van der Waals surface area contributed by atoms with E-state index in [2.05, 4.69) is 10.2 Å². The van der Waals surface area contributed by atoms with Gasteiger partial charge in [-0.05, 0) is 31.0 Å². The number of rotatable bonds is 1. The van der Waals surface area contributed by atoms with Gasteiger partial charge in [0.15, 0.2) is 0 Å². The van der Waals surface area contributed by atoms with E-state index in [1.807, 2.05) is 0 Å². The summed E-state index contributed by atoms with van der Waals surface area (Å²) in [5.74, 6) is 0. The molecule has 2 fully saturated rings. The molecule has 2 aliphatic rings. The molecule has 20 heavy (non-hydrogen) atoms. The van der Waals surface area contributed by atoms with Crippen molar-refractivity contribution in [3.8, 4) is 0 Å². The zero-order valence-corrected chi connectivity index (χ0v) is 11.3. The number of piperazine rings is 1. The quantitative estimate of drug-likeness (QED) is 0.850. The molecule has 0 amide bonds. The fourth-order valence-electron chi connectivity index (χ4n) is 3.44. The molecule has 2 atom stereocenters. The molecule has 110 valence electrons. The van der Waals surface area contributed by atoms with Crippen molar-refractivity contribution in [1.82, 2.24) is 5.32 Å². The predicted octanol–water partition coefficient (Wildman–Crippen LogP) is 3.43. The monoisotopic (exact) mass is 284 g/mol. The highest BCUT2D eigenvalue weighted by Crippen LogP contribution is 2.34. The Morgan fingerprint density at radius 1 is 1.15 bits per heavy atom. The fourth-order valence-corrected chi connectivity index (χ4v) is 3.44. The van der Waals surface area contributed by atoms with Gasteiger partial charge in [0, 0.05) is 30.9 Å². The van der Waals surface area contributed by atoms with E-state index in [9.17, 15) is 13.2 Å². The van der Waals surface area contributed by atoms with Gasteiger partial charge in [0.2, 0.25) is 0 Å². The third-order valence-electron chi connectivity index (χ3n) is 4.39. The Hall–Kier alpha value is -1.23. The standard InChI is InChI=1S/C15H19F3N2/c16-15(17,18)11-4-3-5-12(10-11)20-9-8-19-13-6-1-2-7-14(13)20/h3-5,10,13-14,19H,1-2,6-9H2. The molecular weight excluding hydrogens is 265 g/mol. The van der Waals surface area contributed by atoms with Crippen LogP contribution < -0.4 is 10.2 Å². The number of anilines is 1. The minimum atomic E-state index is -4.27. The van der Waals surface area contributed by atoms with Gasteiger partial charge in [0.05, 0.1) is 5.56 Å². The molecule has 5 heteroatoms. The molecule has 2 unspecified atom stereocenters. The van der Waals surface area contributed by atoms with E-state index in [-0.39, 0.29) is 0 Å². The summed E-state index contributed by atoms with van der Waals surface area (Å²) >= 11 is 0. The molecule has 1 saturated heterocycles. The molecule has 1 saturated carbocycles. The number of nitrogens with zero attached hydrogens (tertiary/aromatic N) is 1. The highest BCUT2D eigenvalue weighted by Gasteiger charge is 2.35. The first-order valence-electron chi connectivity index (χ1n) is 7.23. The fraction of sp³-hybridized carbons (Fsp3) is 0.600. The van der Waals surface area contributed by atoms with Crippen molar-refractivity contribution in [2.24, 2.45) is 0 Å². The summed E-state index contributed by atoms with van der Waals surface area (Å²) in [5, 5.41) is 3.50. The molecule has 3 rings (SSSR count). The van der Waals surface area contributed by atoms with Crippen molar-refractivity contribution in [3.05, 3.63) is 29.8 Å². The molecule has 1 aromatic carbocycles. The van der Waals surface area contributed by atoms with Gasteiger partial charge in [0.1, 0.15) is 0 Å². The van der Waals surface area contributed by atoms with E-state index in [4.69, 9.17) is 0 Å². The molecule has 0 aromatic heterocycles. The largest absolute Gasteiger partial charge is 0.416 e. The van der Waals surface area contributed by atoms with E-state index in [1.165, 1.54) is 18.6 Å². The zero-order valence-electron chi connectivity index (χ0n) is 11.3. The Kier molecular flexibility index (Phi) is 3.63. The summed E-state index contributed by atoms with van der Waals surface area (Å²) in [5.41, 5.74) is 0.152. The summed E-state index contributed by atoms with van der Waals surface area (Å²) in [4.78, 5) is 2.16. The van der Waals surface area contributed by atoms with Crippen LogP contribution in [0.4, 0.5) is 18.9 Å². The van der Waals surface area contributed by atoms with Gasteiger partial charge < -0.3 is 10.2 Å². The Morgan fingerprint density at radius 3 is 2.75 bits per heavy atom. The lowest BCUT2D eigenvalue weighted by atomic mass is 9.87. The van der Waals surface area contributed by atoms with Crippen LogP contribution in [0.5, 0.6) is 0 Å². The summed E-state index contributed by atoms with van der Waals surface area (Å²) in [6.07, 6.45) is 0.299. The van der Waals surface area contributed by atoms with Crippen LogP contribution in [-0.2, 0) is 6.18 Å². The lowest BCUT2D eigenvalue weighted by Gasteiger charge is -2.46. The van der Waals surface area contributed by atoms with Crippen LogP contribution in [0.25, 0.3) is 0 Å². The van der Waals surface area contributed by atoms with Gasteiger partial charge in [-0.3, -0.25) is 0 Å².